The van der Waals surface area contributed by atoms with Crippen LogP contribution < -0.4 is 5.32 Å². The van der Waals surface area contributed by atoms with Gasteiger partial charge in [0.25, 0.3) is 0 Å². The second-order valence-electron chi connectivity index (χ2n) is 6.87. The Hall–Kier alpha value is -2.26. The molecule has 1 aliphatic rings. The summed E-state index contributed by atoms with van der Waals surface area (Å²) in [6, 6.07) is 1.40. The van der Waals surface area contributed by atoms with Gasteiger partial charge in [-0.1, -0.05) is 31.5 Å². The lowest BCUT2D eigenvalue weighted by atomic mass is 9.91. The number of piperazine rings is 1. The molecule has 1 heterocycles. The van der Waals surface area contributed by atoms with Gasteiger partial charge >= 0.3 is 5.69 Å². The van der Waals surface area contributed by atoms with Crippen molar-refractivity contribution in [1.82, 2.24) is 15.1 Å². The largest absolute Gasteiger partial charge is 0.344 e. The van der Waals surface area contributed by atoms with Gasteiger partial charge in [0, 0.05) is 44.6 Å². The molecule has 0 saturated carbocycles. The van der Waals surface area contributed by atoms with E-state index >= 15 is 0 Å². The molecule has 2 amide bonds. The Bertz CT molecular complexity index is 768. The van der Waals surface area contributed by atoms with Crippen molar-refractivity contribution in [2.45, 2.75) is 32.2 Å². The standard InChI is InChI=1S/C18H24ClFN4O4/c1-4-14(25)21-17(18(26)23-9-7-22(3)8-10-23)11(2)12-5-6-13(24(27)28)16(20)15(12)19/h5-6,11,17H,4,7-10H2,1-3H3,(H,21,25)/t11-,17+/m0/s1. The van der Waals surface area contributed by atoms with E-state index in [0.29, 0.717) is 26.2 Å². The van der Waals surface area contributed by atoms with Crippen LogP contribution in [0.25, 0.3) is 0 Å². The third kappa shape index (κ3) is 4.77. The van der Waals surface area contributed by atoms with Crippen molar-refractivity contribution in [2.24, 2.45) is 0 Å². The minimum Gasteiger partial charge on any atom is -0.344 e. The van der Waals surface area contributed by atoms with Gasteiger partial charge in [-0.15, -0.1) is 0 Å². The molecule has 0 radical (unpaired) electrons. The van der Waals surface area contributed by atoms with E-state index in [9.17, 15) is 24.1 Å². The predicted octanol–water partition coefficient (Wildman–Crippen LogP) is 2.16. The zero-order valence-electron chi connectivity index (χ0n) is 16.1. The highest BCUT2D eigenvalue weighted by atomic mass is 35.5. The number of hydrogen-bond donors (Lipinski definition) is 1. The van der Waals surface area contributed by atoms with Crippen molar-refractivity contribution >= 4 is 29.1 Å². The Morgan fingerprint density at radius 3 is 2.46 bits per heavy atom. The predicted molar refractivity (Wildman–Crippen MR) is 103 cm³/mol. The first kappa shape index (κ1) is 22.0. The minimum atomic E-state index is -1.15. The van der Waals surface area contributed by atoms with Gasteiger partial charge in [0.15, 0.2) is 0 Å². The Kier molecular flexibility index (Phi) is 7.31. The van der Waals surface area contributed by atoms with E-state index in [0.717, 1.165) is 6.07 Å². The molecule has 0 unspecified atom stereocenters. The summed E-state index contributed by atoms with van der Waals surface area (Å²) in [7, 11) is 1.96. The summed E-state index contributed by atoms with van der Waals surface area (Å²) in [4.78, 5) is 38.9. The van der Waals surface area contributed by atoms with E-state index in [2.05, 4.69) is 10.2 Å². The number of carbonyl (C=O) groups excluding carboxylic acids is 2. The summed E-state index contributed by atoms with van der Waals surface area (Å²) in [6.45, 7) is 5.76. The zero-order valence-corrected chi connectivity index (χ0v) is 16.8. The van der Waals surface area contributed by atoms with Gasteiger partial charge in [0.1, 0.15) is 6.04 Å². The molecule has 1 saturated heterocycles. The van der Waals surface area contributed by atoms with Crippen LogP contribution in [-0.4, -0.2) is 65.8 Å². The van der Waals surface area contributed by atoms with Gasteiger partial charge in [-0.2, -0.15) is 4.39 Å². The van der Waals surface area contributed by atoms with Crippen LogP contribution in [0.5, 0.6) is 0 Å². The minimum absolute atomic E-state index is 0.182. The molecule has 0 aliphatic carbocycles. The molecular weight excluding hydrogens is 391 g/mol. The number of hydrogen-bond acceptors (Lipinski definition) is 5. The Labute approximate surface area is 167 Å². The number of likely N-dealkylation sites (N-methyl/N-ethyl adjacent to an activating group) is 1. The van der Waals surface area contributed by atoms with E-state index < -0.39 is 33.4 Å². The van der Waals surface area contributed by atoms with Crippen molar-refractivity contribution in [1.29, 1.82) is 0 Å². The summed E-state index contributed by atoms with van der Waals surface area (Å²) >= 11 is 6.04. The van der Waals surface area contributed by atoms with E-state index in [1.165, 1.54) is 6.07 Å². The fraction of sp³-hybridized carbons (Fsp3) is 0.556. The van der Waals surface area contributed by atoms with Crippen LogP contribution in [0.15, 0.2) is 12.1 Å². The fourth-order valence-corrected chi connectivity index (χ4v) is 3.46. The maximum absolute atomic E-state index is 14.3. The van der Waals surface area contributed by atoms with E-state index in [-0.39, 0.29) is 23.8 Å². The number of nitrogens with one attached hydrogen (secondary N) is 1. The topological polar surface area (TPSA) is 95.8 Å². The van der Waals surface area contributed by atoms with Crippen LogP contribution >= 0.6 is 11.6 Å². The number of benzene rings is 1. The normalized spacial score (nSPS) is 17.1. The van der Waals surface area contributed by atoms with Gasteiger partial charge in [0.05, 0.1) is 9.95 Å². The van der Waals surface area contributed by atoms with E-state index in [4.69, 9.17) is 11.6 Å². The second kappa shape index (κ2) is 9.29. The molecule has 0 aromatic heterocycles. The highest BCUT2D eigenvalue weighted by molar-refractivity contribution is 6.31. The summed E-state index contributed by atoms with van der Waals surface area (Å²) in [5.74, 6) is -2.43. The van der Waals surface area contributed by atoms with E-state index in [1.54, 1.807) is 18.7 Å². The van der Waals surface area contributed by atoms with Gasteiger partial charge in [0.2, 0.25) is 17.6 Å². The quantitative estimate of drug-likeness (QED) is 0.568. The number of nitrogens with zero attached hydrogens (tertiary/aromatic N) is 3. The molecule has 28 heavy (non-hydrogen) atoms. The van der Waals surface area contributed by atoms with Crippen LogP contribution in [0.2, 0.25) is 5.02 Å². The van der Waals surface area contributed by atoms with Crippen LogP contribution in [0.4, 0.5) is 10.1 Å². The Morgan fingerprint density at radius 2 is 1.93 bits per heavy atom. The molecule has 8 nitrogen and oxygen atoms in total. The van der Waals surface area contributed by atoms with Crippen LogP contribution in [0.1, 0.15) is 31.7 Å². The number of amides is 2. The molecular formula is C18H24ClFN4O4. The number of rotatable bonds is 6. The molecule has 1 aromatic rings. The molecule has 1 aromatic carbocycles. The van der Waals surface area contributed by atoms with Crippen molar-refractivity contribution in [3.05, 3.63) is 38.7 Å². The molecule has 1 aliphatic heterocycles. The van der Waals surface area contributed by atoms with Crippen LogP contribution in [0.3, 0.4) is 0 Å². The lowest BCUT2D eigenvalue weighted by Crippen LogP contribution is -2.55. The molecule has 10 heteroatoms. The SMILES string of the molecule is CCC(=O)N[C@@H](C(=O)N1CCN(C)CC1)[C@@H](C)c1ccc([N+](=O)[O-])c(F)c1Cl. The molecule has 1 N–H and O–H groups in total. The third-order valence-electron chi connectivity index (χ3n) is 5.00. The molecule has 2 atom stereocenters. The van der Waals surface area contributed by atoms with Crippen molar-refractivity contribution in [3.63, 3.8) is 0 Å². The van der Waals surface area contributed by atoms with Gasteiger partial charge < -0.3 is 15.1 Å². The van der Waals surface area contributed by atoms with Crippen molar-refractivity contribution in [2.75, 3.05) is 33.2 Å². The maximum Gasteiger partial charge on any atom is 0.306 e. The highest BCUT2D eigenvalue weighted by Crippen LogP contribution is 2.34. The lowest BCUT2D eigenvalue weighted by molar-refractivity contribution is -0.387. The number of nitro benzene ring substituents is 1. The van der Waals surface area contributed by atoms with Gasteiger partial charge in [-0.05, 0) is 12.6 Å². The molecule has 1 fully saturated rings. The highest BCUT2D eigenvalue weighted by Gasteiger charge is 2.34. The Morgan fingerprint density at radius 1 is 1.32 bits per heavy atom. The van der Waals surface area contributed by atoms with Gasteiger partial charge in [-0.25, -0.2) is 0 Å². The Balaban J connectivity index is 2.35. The first-order valence-electron chi connectivity index (χ1n) is 9.06. The average Bonchev–Trinajstić information content (AvgIpc) is 2.67. The second-order valence-corrected chi connectivity index (χ2v) is 7.25. The molecule has 154 valence electrons. The molecule has 0 bridgehead atoms. The first-order valence-corrected chi connectivity index (χ1v) is 9.44. The molecule has 2 rings (SSSR count). The average molecular weight is 415 g/mol. The molecule has 0 spiro atoms. The van der Waals surface area contributed by atoms with Gasteiger partial charge in [-0.3, -0.25) is 19.7 Å². The van der Waals surface area contributed by atoms with Crippen LogP contribution in [0, 0.1) is 15.9 Å². The van der Waals surface area contributed by atoms with Crippen LogP contribution in [-0.2, 0) is 9.59 Å². The zero-order chi connectivity index (χ0) is 21.0. The maximum atomic E-state index is 14.3. The third-order valence-corrected chi connectivity index (χ3v) is 5.38. The van der Waals surface area contributed by atoms with E-state index in [1.807, 2.05) is 7.05 Å². The van der Waals surface area contributed by atoms with Crippen molar-refractivity contribution < 1.29 is 18.9 Å². The summed E-state index contributed by atoms with van der Waals surface area (Å²) in [5, 5.41) is 13.2. The smallest absolute Gasteiger partial charge is 0.306 e. The number of nitro groups is 1. The fourth-order valence-electron chi connectivity index (χ4n) is 3.13. The lowest BCUT2D eigenvalue weighted by Gasteiger charge is -2.36. The van der Waals surface area contributed by atoms with Crippen molar-refractivity contribution in [3.8, 4) is 0 Å². The summed E-state index contributed by atoms with van der Waals surface area (Å²) in [5.41, 5.74) is -0.505. The number of halogens is 2. The summed E-state index contributed by atoms with van der Waals surface area (Å²) in [6.07, 6.45) is 0.182. The number of carbonyl (C=O) groups is 2. The first-order chi connectivity index (χ1) is 13.2. The monoisotopic (exact) mass is 414 g/mol. The summed E-state index contributed by atoms with van der Waals surface area (Å²) < 4.78 is 14.3.